The molecule has 1 rings (SSSR count). The van der Waals surface area contributed by atoms with Gasteiger partial charge in [-0.25, -0.2) is 14.4 Å². The molecule has 2 N–H and O–H groups in total. The lowest BCUT2D eigenvalue weighted by Gasteiger charge is -2.21. The average molecular weight is 382 g/mol. The van der Waals surface area contributed by atoms with Gasteiger partial charge in [-0.3, -0.25) is 4.79 Å². The van der Waals surface area contributed by atoms with E-state index < -0.39 is 42.2 Å². The maximum atomic E-state index is 12.3. The molecule has 148 valence electrons. The number of benzene rings is 1. The SMILES string of the molecule is CCCCOC(=O)[C@H](OC(=O)[C@H](O)[C@@H](OC(C)=O)C(=O)O)c1ccccc1. The van der Waals surface area contributed by atoms with E-state index in [-0.39, 0.29) is 12.2 Å². The molecule has 0 fully saturated rings. The number of unbranched alkanes of at least 4 members (excludes halogenated alkanes) is 1. The zero-order valence-electron chi connectivity index (χ0n) is 15.0. The zero-order chi connectivity index (χ0) is 20.4. The Morgan fingerprint density at radius 3 is 2.19 bits per heavy atom. The second-order valence-corrected chi connectivity index (χ2v) is 5.56. The fourth-order valence-corrected chi connectivity index (χ4v) is 2.01. The second kappa shape index (κ2) is 10.9. The highest BCUT2D eigenvalue weighted by Gasteiger charge is 2.39. The minimum Gasteiger partial charge on any atom is -0.478 e. The fraction of sp³-hybridized carbons (Fsp3) is 0.444. The van der Waals surface area contributed by atoms with E-state index in [1.807, 2.05) is 6.92 Å². The number of ether oxygens (including phenoxy) is 3. The zero-order valence-corrected chi connectivity index (χ0v) is 15.0. The first kappa shape index (κ1) is 22.1. The largest absolute Gasteiger partial charge is 0.478 e. The molecule has 0 aliphatic carbocycles. The monoisotopic (exact) mass is 382 g/mol. The molecule has 0 aliphatic heterocycles. The standard InChI is InChI=1S/C18H22O9/c1-3-4-10-25-18(24)14(12-8-6-5-7-9-12)27-17(23)13(20)15(16(21)22)26-11(2)19/h5-9,13-15,20H,3-4,10H2,1-2H3,(H,21,22)/t13-,14-,15-/m1/s1. The fourth-order valence-electron chi connectivity index (χ4n) is 2.01. The Morgan fingerprint density at radius 2 is 1.67 bits per heavy atom. The van der Waals surface area contributed by atoms with Gasteiger partial charge < -0.3 is 24.4 Å². The summed E-state index contributed by atoms with van der Waals surface area (Å²) >= 11 is 0. The molecule has 9 nitrogen and oxygen atoms in total. The van der Waals surface area contributed by atoms with Crippen molar-refractivity contribution < 1.29 is 43.6 Å². The van der Waals surface area contributed by atoms with Crippen LogP contribution < -0.4 is 0 Å². The van der Waals surface area contributed by atoms with E-state index >= 15 is 0 Å². The van der Waals surface area contributed by atoms with Crippen molar-refractivity contribution in [3.05, 3.63) is 35.9 Å². The number of hydrogen-bond acceptors (Lipinski definition) is 8. The molecule has 0 unspecified atom stereocenters. The smallest absolute Gasteiger partial charge is 0.352 e. The van der Waals surface area contributed by atoms with Gasteiger partial charge in [0.2, 0.25) is 12.2 Å². The summed E-state index contributed by atoms with van der Waals surface area (Å²) in [6.07, 6.45) is -4.59. The number of hydrogen-bond donors (Lipinski definition) is 2. The maximum absolute atomic E-state index is 12.3. The summed E-state index contributed by atoms with van der Waals surface area (Å²) in [6, 6.07) is 7.90. The number of carbonyl (C=O) groups is 4. The summed E-state index contributed by atoms with van der Waals surface area (Å²) in [6.45, 7) is 2.94. The Morgan fingerprint density at radius 1 is 1.04 bits per heavy atom. The van der Waals surface area contributed by atoms with Crippen LogP contribution in [-0.2, 0) is 33.4 Å². The lowest BCUT2D eigenvalue weighted by Crippen LogP contribution is -2.44. The number of esters is 3. The number of carbonyl (C=O) groups excluding carboxylic acids is 3. The van der Waals surface area contributed by atoms with Crippen LogP contribution in [0.5, 0.6) is 0 Å². The predicted octanol–water partition coefficient (Wildman–Crippen LogP) is 0.991. The van der Waals surface area contributed by atoms with Gasteiger partial charge in [0.25, 0.3) is 0 Å². The highest BCUT2D eigenvalue weighted by atomic mass is 16.6. The van der Waals surface area contributed by atoms with Crippen molar-refractivity contribution in [2.24, 2.45) is 0 Å². The lowest BCUT2D eigenvalue weighted by molar-refractivity contribution is -0.186. The molecule has 1 aromatic rings. The number of carboxylic acid groups (broad SMARTS) is 1. The molecule has 0 aromatic heterocycles. The number of aliphatic hydroxyl groups excluding tert-OH is 1. The molecule has 3 atom stereocenters. The molecule has 0 saturated heterocycles. The van der Waals surface area contributed by atoms with Crippen molar-refractivity contribution in [1.82, 2.24) is 0 Å². The van der Waals surface area contributed by atoms with E-state index in [4.69, 9.17) is 14.6 Å². The van der Waals surface area contributed by atoms with Crippen molar-refractivity contribution in [3.8, 4) is 0 Å². The molecular weight excluding hydrogens is 360 g/mol. The quantitative estimate of drug-likeness (QED) is 0.345. The van der Waals surface area contributed by atoms with E-state index in [1.54, 1.807) is 18.2 Å². The molecule has 0 spiro atoms. The Balaban J connectivity index is 2.96. The minimum absolute atomic E-state index is 0.115. The lowest BCUT2D eigenvalue weighted by atomic mass is 10.1. The van der Waals surface area contributed by atoms with Crippen molar-refractivity contribution >= 4 is 23.9 Å². The molecule has 0 bridgehead atoms. The van der Waals surface area contributed by atoms with Crippen LogP contribution in [0.4, 0.5) is 0 Å². The first-order chi connectivity index (χ1) is 12.8. The Bertz CT molecular complexity index is 656. The first-order valence-corrected chi connectivity index (χ1v) is 8.28. The number of rotatable bonds is 10. The van der Waals surface area contributed by atoms with Gasteiger partial charge in [-0.1, -0.05) is 43.7 Å². The van der Waals surface area contributed by atoms with Crippen LogP contribution in [0.1, 0.15) is 38.4 Å². The van der Waals surface area contributed by atoms with Crippen molar-refractivity contribution in [3.63, 3.8) is 0 Å². The number of aliphatic carboxylic acids is 1. The topological polar surface area (TPSA) is 136 Å². The van der Waals surface area contributed by atoms with Crippen molar-refractivity contribution in [2.75, 3.05) is 6.61 Å². The maximum Gasteiger partial charge on any atom is 0.352 e. The molecule has 27 heavy (non-hydrogen) atoms. The van der Waals surface area contributed by atoms with Gasteiger partial charge >= 0.3 is 23.9 Å². The summed E-state index contributed by atoms with van der Waals surface area (Å²) in [5.41, 5.74) is 0.277. The van der Waals surface area contributed by atoms with Gasteiger partial charge in [0.15, 0.2) is 6.10 Å². The van der Waals surface area contributed by atoms with E-state index in [9.17, 15) is 24.3 Å². The van der Waals surface area contributed by atoms with Gasteiger partial charge in [0.05, 0.1) is 6.61 Å². The van der Waals surface area contributed by atoms with E-state index in [1.165, 1.54) is 12.1 Å². The average Bonchev–Trinajstić information content (AvgIpc) is 2.63. The number of carboxylic acids is 1. The molecule has 0 amide bonds. The highest BCUT2D eigenvalue weighted by Crippen LogP contribution is 2.21. The van der Waals surface area contributed by atoms with Crippen molar-refractivity contribution in [1.29, 1.82) is 0 Å². The Kier molecular flexibility index (Phi) is 8.94. The second-order valence-electron chi connectivity index (χ2n) is 5.56. The van der Waals surface area contributed by atoms with E-state index in [2.05, 4.69) is 4.74 Å². The molecule has 0 saturated carbocycles. The van der Waals surface area contributed by atoms with Crippen LogP contribution in [0.15, 0.2) is 30.3 Å². The highest BCUT2D eigenvalue weighted by molar-refractivity contribution is 5.88. The first-order valence-electron chi connectivity index (χ1n) is 8.28. The minimum atomic E-state index is -2.32. The van der Waals surface area contributed by atoms with E-state index in [0.29, 0.717) is 6.42 Å². The summed E-state index contributed by atoms with van der Waals surface area (Å²) < 4.78 is 14.5. The Hall–Kier alpha value is -2.94. The summed E-state index contributed by atoms with van der Waals surface area (Å²) in [5.74, 6) is -5.05. The van der Waals surface area contributed by atoms with Gasteiger partial charge in [-0.2, -0.15) is 0 Å². The summed E-state index contributed by atoms with van der Waals surface area (Å²) in [5, 5.41) is 18.9. The molecule has 1 aromatic carbocycles. The van der Waals surface area contributed by atoms with Crippen LogP contribution in [0, 0.1) is 0 Å². The molecule has 0 radical (unpaired) electrons. The molecule has 0 aliphatic rings. The van der Waals surface area contributed by atoms with Gasteiger partial charge in [-0.05, 0) is 6.42 Å². The normalized spacial score (nSPS) is 13.7. The third kappa shape index (κ3) is 7.06. The van der Waals surface area contributed by atoms with Gasteiger partial charge in [0.1, 0.15) is 0 Å². The third-order valence-electron chi connectivity index (χ3n) is 3.36. The van der Waals surface area contributed by atoms with Crippen LogP contribution in [0.2, 0.25) is 0 Å². The molecule has 0 heterocycles. The predicted molar refractivity (Wildman–Crippen MR) is 90.3 cm³/mol. The molecular formula is C18H22O9. The van der Waals surface area contributed by atoms with E-state index in [0.717, 1.165) is 13.3 Å². The van der Waals surface area contributed by atoms with Gasteiger partial charge in [-0.15, -0.1) is 0 Å². The Labute approximate surface area is 155 Å². The van der Waals surface area contributed by atoms with Gasteiger partial charge in [0, 0.05) is 12.5 Å². The van der Waals surface area contributed by atoms with Crippen molar-refractivity contribution in [2.45, 2.75) is 45.0 Å². The summed E-state index contributed by atoms with van der Waals surface area (Å²) in [7, 11) is 0. The van der Waals surface area contributed by atoms with Crippen LogP contribution in [0.3, 0.4) is 0 Å². The number of aliphatic hydroxyl groups is 1. The van der Waals surface area contributed by atoms with Crippen LogP contribution in [-0.4, -0.2) is 52.9 Å². The third-order valence-corrected chi connectivity index (χ3v) is 3.36. The summed E-state index contributed by atoms with van der Waals surface area (Å²) in [4.78, 5) is 46.5. The van der Waals surface area contributed by atoms with Crippen LogP contribution in [0.25, 0.3) is 0 Å². The van der Waals surface area contributed by atoms with Crippen LogP contribution >= 0.6 is 0 Å². The molecule has 9 heteroatoms.